The fourth-order valence-corrected chi connectivity index (χ4v) is 1.97. The number of imidazole rings is 1. The van der Waals surface area contributed by atoms with E-state index < -0.39 is 0 Å². The van der Waals surface area contributed by atoms with Gasteiger partial charge in [-0.1, -0.05) is 6.92 Å². The van der Waals surface area contributed by atoms with E-state index in [0.717, 1.165) is 23.6 Å². The summed E-state index contributed by atoms with van der Waals surface area (Å²) < 4.78 is 0. The molecule has 17 heavy (non-hydrogen) atoms. The van der Waals surface area contributed by atoms with Gasteiger partial charge in [0.1, 0.15) is 0 Å². The van der Waals surface area contributed by atoms with Crippen molar-refractivity contribution in [1.82, 2.24) is 19.9 Å². The van der Waals surface area contributed by atoms with E-state index in [1.54, 1.807) is 12.4 Å². The van der Waals surface area contributed by atoms with Crippen LogP contribution in [-0.4, -0.2) is 26.0 Å². The Bertz CT molecular complexity index is 439. The highest BCUT2D eigenvalue weighted by Gasteiger charge is 2.05. The number of hydrogen-bond acceptors (Lipinski definition) is 5. The van der Waals surface area contributed by atoms with Gasteiger partial charge >= 0.3 is 0 Å². The molecule has 0 amide bonds. The molecule has 0 spiro atoms. The van der Waals surface area contributed by atoms with Crippen LogP contribution in [0.15, 0.2) is 35.1 Å². The molecule has 2 heterocycles. The molecule has 2 aromatic heterocycles. The van der Waals surface area contributed by atoms with Crippen molar-refractivity contribution in [2.75, 3.05) is 0 Å². The first-order chi connectivity index (χ1) is 8.28. The van der Waals surface area contributed by atoms with Gasteiger partial charge in [0.25, 0.3) is 0 Å². The number of H-pyrrole nitrogens is 1. The maximum atomic E-state index is 5.88. The van der Waals surface area contributed by atoms with Crippen LogP contribution in [0.3, 0.4) is 0 Å². The van der Waals surface area contributed by atoms with Gasteiger partial charge in [-0.05, 0) is 30.2 Å². The van der Waals surface area contributed by atoms with E-state index in [-0.39, 0.29) is 6.04 Å². The van der Waals surface area contributed by atoms with Crippen LogP contribution in [0.5, 0.6) is 0 Å². The fourth-order valence-electron chi connectivity index (χ4n) is 1.34. The summed E-state index contributed by atoms with van der Waals surface area (Å²) in [5, 5.41) is 1.48. The van der Waals surface area contributed by atoms with E-state index in [4.69, 9.17) is 5.73 Å². The zero-order chi connectivity index (χ0) is 12.1. The third-order valence-corrected chi connectivity index (χ3v) is 3.17. The van der Waals surface area contributed by atoms with Crippen LogP contribution in [0.4, 0.5) is 0 Å². The van der Waals surface area contributed by atoms with Crippen molar-refractivity contribution >= 4 is 11.8 Å². The van der Waals surface area contributed by atoms with Gasteiger partial charge in [0, 0.05) is 30.8 Å². The molecule has 0 bridgehead atoms. The molecule has 2 rings (SSSR count). The van der Waals surface area contributed by atoms with Crippen LogP contribution < -0.4 is 5.73 Å². The minimum Gasteiger partial charge on any atom is -0.339 e. The average molecular weight is 249 g/mol. The molecule has 2 aromatic rings. The standard InChI is InChI=1S/C11H15N5S/c1-2-9(12)5-8-6-15-11(16-7-8)17-10-13-3-4-14-10/h3-4,6-7,9H,2,5,12H2,1H3,(H,13,14). The first-order valence-corrected chi connectivity index (χ1v) is 6.33. The number of aromatic nitrogens is 4. The van der Waals surface area contributed by atoms with Gasteiger partial charge in [-0.25, -0.2) is 15.0 Å². The smallest absolute Gasteiger partial charge is 0.195 e. The number of rotatable bonds is 5. The monoisotopic (exact) mass is 249 g/mol. The SMILES string of the molecule is CCC(N)Cc1cnc(Sc2ncc[nH]2)nc1. The molecule has 0 fully saturated rings. The van der Waals surface area contributed by atoms with Crippen molar-refractivity contribution in [3.05, 3.63) is 30.4 Å². The molecule has 0 aliphatic carbocycles. The number of hydrogen-bond donors (Lipinski definition) is 2. The van der Waals surface area contributed by atoms with E-state index in [9.17, 15) is 0 Å². The van der Waals surface area contributed by atoms with Crippen LogP contribution >= 0.6 is 11.8 Å². The lowest BCUT2D eigenvalue weighted by Gasteiger charge is -2.07. The van der Waals surface area contributed by atoms with Crippen molar-refractivity contribution in [3.63, 3.8) is 0 Å². The van der Waals surface area contributed by atoms with Crippen molar-refractivity contribution in [2.45, 2.75) is 36.1 Å². The molecular weight excluding hydrogens is 234 g/mol. The Labute approximate surface area is 104 Å². The summed E-state index contributed by atoms with van der Waals surface area (Å²) in [6.07, 6.45) is 8.92. The van der Waals surface area contributed by atoms with Crippen molar-refractivity contribution in [2.24, 2.45) is 5.73 Å². The van der Waals surface area contributed by atoms with Crippen molar-refractivity contribution in [1.29, 1.82) is 0 Å². The zero-order valence-electron chi connectivity index (χ0n) is 9.63. The normalized spacial score (nSPS) is 12.6. The fraction of sp³-hybridized carbons (Fsp3) is 0.364. The minimum atomic E-state index is 0.183. The Balaban J connectivity index is 1.98. The number of nitrogens with one attached hydrogen (secondary N) is 1. The van der Waals surface area contributed by atoms with E-state index in [2.05, 4.69) is 26.9 Å². The van der Waals surface area contributed by atoms with Crippen LogP contribution in [0.1, 0.15) is 18.9 Å². The molecule has 1 unspecified atom stereocenters. The average Bonchev–Trinajstić information content (AvgIpc) is 2.84. The largest absolute Gasteiger partial charge is 0.339 e. The molecular formula is C11H15N5S. The number of nitrogens with zero attached hydrogens (tertiary/aromatic N) is 3. The van der Waals surface area contributed by atoms with Crippen molar-refractivity contribution < 1.29 is 0 Å². The third-order valence-electron chi connectivity index (χ3n) is 2.36. The first kappa shape index (κ1) is 12.1. The summed E-state index contributed by atoms with van der Waals surface area (Å²) in [5.74, 6) is 0. The summed E-state index contributed by atoms with van der Waals surface area (Å²) in [5.41, 5.74) is 6.95. The summed E-state index contributed by atoms with van der Waals surface area (Å²) in [6.45, 7) is 2.08. The van der Waals surface area contributed by atoms with Crippen LogP contribution in [0, 0.1) is 0 Å². The number of aromatic amines is 1. The van der Waals surface area contributed by atoms with E-state index in [0.29, 0.717) is 5.16 Å². The Kier molecular flexibility index (Phi) is 4.11. The zero-order valence-corrected chi connectivity index (χ0v) is 10.4. The van der Waals surface area contributed by atoms with Gasteiger partial charge in [-0.2, -0.15) is 0 Å². The highest BCUT2D eigenvalue weighted by Crippen LogP contribution is 2.19. The Morgan fingerprint density at radius 1 is 1.35 bits per heavy atom. The van der Waals surface area contributed by atoms with Crippen LogP contribution in [0.2, 0.25) is 0 Å². The predicted molar refractivity (Wildman–Crippen MR) is 66.7 cm³/mol. The molecule has 0 saturated heterocycles. The third kappa shape index (κ3) is 3.54. The second-order valence-electron chi connectivity index (χ2n) is 3.74. The molecule has 5 nitrogen and oxygen atoms in total. The summed E-state index contributed by atoms with van der Waals surface area (Å²) >= 11 is 1.41. The summed E-state index contributed by atoms with van der Waals surface area (Å²) in [7, 11) is 0. The highest BCUT2D eigenvalue weighted by molar-refractivity contribution is 7.99. The van der Waals surface area contributed by atoms with Crippen LogP contribution in [0.25, 0.3) is 0 Å². The predicted octanol–water partition coefficient (Wildman–Crippen LogP) is 1.63. The quantitative estimate of drug-likeness (QED) is 0.787. The van der Waals surface area contributed by atoms with E-state index in [1.807, 2.05) is 12.4 Å². The summed E-state index contributed by atoms with van der Waals surface area (Å²) in [4.78, 5) is 15.7. The van der Waals surface area contributed by atoms with Gasteiger partial charge in [0.2, 0.25) is 0 Å². The molecule has 0 aliphatic heterocycles. The topological polar surface area (TPSA) is 80.5 Å². The molecule has 0 saturated carbocycles. The lowest BCUT2D eigenvalue weighted by molar-refractivity contribution is 0.641. The Morgan fingerprint density at radius 3 is 2.71 bits per heavy atom. The molecule has 3 N–H and O–H groups in total. The molecule has 1 atom stereocenters. The van der Waals surface area contributed by atoms with Gasteiger partial charge in [-0.15, -0.1) is 0 Å². The van der Waals surface area contributed by atoms with Crippen LogP contribution in [-0.2, 0) is 6.42 Å². The van der Waals surface area contributed by atoms with Gasteiger partial charge < -0.3 is 10.7 Å². The van der Waals surface area contributed by atoms with Gasteiger partial charge in [0.15, 0.2) is 10.3 Å². The van der Waals surface area contributed by atoms with E-state index in [1.165, 1.54) is 11.8 Å². The molecule has 0 aromatic carbocycles. The van der Waals surface area contributed by atoms with Crippen molar-refractivity contribution in [3.8, 4) is 0 Å². The second kappa shape index (κ2) is 5.79. The lowest BCUT2D eigenvalue weighted by Crippen LogP contribution is -2.21. The Hall–Kier alpha value is -1.40. The highest BCUT2D eigenvalue weighted by atomic mass is 32.2. The molecule has 0 aliphatic rings. The Morgan fingerprint density at radius 2 is 2.12 bits per heavy atom. The summed E-state index contributed by atoms with van der Waals surface area (Å²) in [6, 6.07) is 0.183. The number of nitrogens with two attached hydrogens (primary N) is 1. The molecule has 0 radical (unpaired) electrons. The minimum absolute atomic E-state index is 0.183. The molecule has 90 valence electrons. The second-order valence-corrected chi connectivity index (χ2v) is 4.70. The van der Waals surface area contributed by atoms with E-state index >= 15 is 0 Å². The van der Waals surface area contributed by atoms with Gasteiger partial charge in [0.05, 0.1) is 0 Å². The molecule has 6 heteroatoms. The first-order valence-electron chi connectivity index (χ1n) is 5.51. The lowest BCUT2D eigenvalue weighted by atomic mass is 10.1. The van der Waals surface area contributed by atoms with Gasteiger partial charge in [-0.3, -0.25) is 0 Å². The maximum absolute atomic E-state index is 5.88. The maximum Gasteiger partial charge on any atom is 0.195 e.